The van der Waals surface area contributed by atoms with E-state index in [4.69, 9.17) is 0 Å². The zero-order valence-corrected chi connectivity index (χ0v) is 13.0. The van der Waals surface area contributed by atoms with Crippen LogP contribution in [0.4, 0.5) is 0 Å². The molecule has 2 heterocycles. The summed E-state index contributed by atoms with van der Waals surface area (Å²) in [4.78, 5) is 23.1. The van der Waals surface area contributed by atoms with Crippen molar-refractivity contribution in [1.29, 1.82) is 0 Å². The van der Waals surface area contributed by atoms with Crippen molar-refractivity contribution in [3.05, 3.63) is 30.5 Å². The third-order valence-electron chi connectivity index (χ3n) is 3.78. The molecule has 0 bridgehead atoms. The van der Waals surface area contributed by atoms with Crippen LogP contribution in [0.2, 0.25) is 0 Å². The lowest BCUT2D eigenvalue weighted by Gasteiger charge is -2.30. The van der Waals surface area contributed by atoms with E-state index in [-0.39, 0.29) is 5.91 Å². The van der Waals surface area contributed by atoms with Crippen LogP contribution in [0.15, 0.2) is 35.5 Å². The molecular formula is C16H19N3OS. The Bertz CT molecular complexity index is 646. The van der Waals surface area contributed by atoms with Crippen LogP contribution in [0.3, 0.4) is 0 Å². The maximum Gasteiger partial charge on any atom is 0.232 e. The highest BCUT2D eigenvalue weighted by Crippen LogP contribution is 2.20. The number of aromatic nitrogens is 2. The van der Waals surface area contributed by atoms with Gasteiger partial charge in [-0.05, 0) is 30.9 Å². The fourth-order valence-corrected chi connectivity index (χ4v) is 3.40. The SMILES string of the molecule is C[C@H]1CCCN(C(=O)CSc2cnc3ccccc3n2)C1. The predicted molar refractivity (Wildman–Crippen MR) is 85.2 cm³/mol. The number of amides is 1. The Morgan fingerprint density at radius 2 is 2.19 bits per heavy atom. The highest BCUT2D eigenvalue weighted by molar-refractivity contribution is 7.99. The maximum atomic E-state index is 12.2. The molecule has 0 saturated carbocycles. The van der Waals surface area contributed by atoms with Gasteiger partial charge >= 0.3 is 0 Å². The van der Waals surface area contributed by atoms with Gasteiger partial charge in [0, 0.05) is 13.1 Å². The minimum absolute atomic E-state index is 0.210. The van der Waals surface area contributed by atoms with Crippen LogP contribution < -0.4 is 0 Å². The molecule has 0 radical (unpaired) electrons. The van der Waals surface area contributed by atoms with Crippen molar-refractivity contribution in [1.82, 2.24) is 14.9 Å². The number of benzene rings is 1. The van der Waals surface area contributed by atoms with E-state index in [0.717, 1.165) is 35.6 Å². The van der Waals surface area contributed by atoms with Crippen molar-refractivity contribution in [2.75, 3.05) is 18.8 Å². The lowest BCUT2D eigenvalue weighted by atomic mass is 10.0. The lowest BCUT2D eigenvalue weighted by Crippen LogP contribution is -2.40. The van der Waals surface area contributed by atoms with Crippen LogP contribution in [0, 0.1) is 5.92 Å². The van der Waals surface area contributed by atoms with Crippen molar-refractivity contribution in [3.63, 3.8) is 0 Å². The Hall–Kier alpha value is -1.62. The summed E-state index contributed by atoms with van der Waals surface area (Å²) in [7, 11) is 0. The molecular weight excluding hydrogens is 282 g/mol. The van der Waals surface area contributed by atoms with Crippen molar-refractivity contribution in [2.24, 2.45) is 5.92 Å². The minimum Gasteiger partial charge on any atom is -0.342 e. The molecule has 0 spiro atoms. The Morgan fingerprint density at radius 3 is 3.00 bits per heavy atom. The molecule has 1 aliphatic heterocycles. The standard InChI is InChI=1S/C16H19N3OS/c1-12-5-4-8-19(10-12)16(20)11-21-15-9-17-13-6-2-3-7-14(13)18-15/h2-3,6-7,9,12H,4-5,8,10-11H2,1H3/t12-/m0/s1. The molecule has 3 rings (SSSR count). The van der Waals surface area contributed by atoms with Gasteiger partial charge in [-0.2, -0.15) is 0 Å². The van der Waals surface area contributed by atoms with Gasteiger partial charge in [0.1, 0.15) is 5.03 Å². The average molecular weight is 301 g/mol. The number of rotatable bonds is 3. The van der Waals surface area contributed by atoms with Crippen LogP contribution in [0.25, 0.3) is 11.0 Å². The molecule has 1 aromatic heterocycles. The summed E-state index contributed by atoms with van der Waals surface area (Å²) in [6.45, 7) is 4.00. The molecule has 1 aliphatic rings. The molecule has 1 saturated heterocycles. The molecule has 1 amide bonds. The molecule has 0 aliphatic carbocycles. The molecule has 1 atom stereocenters. The fourth-order valence-electron chi connectivity index (χ4n) is 2.65. The van der Waals surface area contributed by atoms with Gasteiger partial charge in [0.05, 0.1) is 23.0 Å². The molecule has 0 unspecified atom stereocenters. The van der Waals surface area contributed by atoms with Crippen LogP contribution in [-0.2, 0) is 4.79 Å². The first-order valence-electron chi connectivity index (χ1n) is 7.35. The third-order valence-corrected chi connectivity index (χ3v) is 4.66. The lowest BCUT2D eigenvalue weighted by molar-refractivity contribution is -0.130. The number of piperidine rings is 1. The summed E-state index contributed by atoms with van der Waals surface area (Å²) < 4.78 is 0. The molecule has 110 valence electrons. The molecule has 5 heteroatoms. The van der Waals surface area contributed by atoms with Crippen LogP contribution in [-0.4, -0.2) is 39.6 Å². The van der Waals surface area contributed by atoms with E-state index in [0.29, 0.717) is 11.7 Å². The number of hydrogen-bond acceptors (Lipinski definition) is 4. The van der Waals surface area contributed by atoms with Crippen LogP contribution in [0.1, 0.15) is 19.8 Å². The Morgan fingerprint density at radius 1 is 1.38 bits per heavy atom. The van der Waals surface area contributed by atoms with E-state index in [1.165, 1.54) is 18.2 Å². The highest BCUT2D eigenvalue weighted by Gasteiger charge is 2.20. The van der Waals surface area contributed by atoms with Gasteiger partial charge in [-0.1, -0.05) is 30.8 Å². The normalized spacial score (nSPS) is 18.9. The van der Waals surface area contributed by atoms with E-state index in [2.05, 4.69) is 16.9 Å². The van der Waals surface area contributed by atoms with Crippen molar-refractivity contribution in [3.8, 4) is 0 Å². The number of fused-ring (bicyclic) bond motifs is 1. The number of nitrogens with zero attached hydrogens (tertiary/aromatic N) is 3. The number of carbonyl (C=O) groups excluding carboxylic acids is 1. The zero-order chi connectivity index (χ0) is 14.7. The molecule has 2 aromatic rings. The van der Waals surface area contributed by atoms with Gasteiger partial charge in [0.2, 0.25) is 5.91 Å². The van der Waals surface area contributed by atoms with E-state index in [1.807, 2.05) is 29.2 Å². The van der Waals surface area contributed by atoms with Crippen LogP contribution >= 0.6 is 11.8 Å². The van der Waals surface area contributed by atoms with Crippen LogP contribution in [0.5, 0.6) is 0 Å². The summed E-state index contributed by atoms with van der Waals surface area (Å²) in [5.74, 6) is 1.27. The summed E-state index contributed by atoms with van der Waals surface area (Å²) >= 11 is 1.47. The molecule has 0 N–H and O–H groups in total. The Balaban J connectivity index is 1.61. The Kier molecular flexibility index (Phi) is 4.39. The van der Waals surface area contributed by atoms with Gasteiger partial charge in [-0.15, -0.1) is 0 Å². The predicted octanol–water partition coefficient (Wildman–Crippen LogP) is 2.98. The number of thioether (sulfide) groups is 1. The third kappa shape index (κ3) is 3.53. The van der Waals surface area contributed by atoms with E-state index >= 15 is 0 Å². The number of hydrogen-bond donors (Lipinski definition) is 0. The van der Waals surface area contributed by atoms with Gasteiger partial charge in [-0.3, -0.25) is 9.78 Å². The van der Waals surface area contributed by atoms with Crippen molar-refractivity contribution in [2.45, 2.75) is 24.8 Å². The van der Waals surface area contributed by atoms with E-state index in [1.54, 1.807) is 6.20 Å². The number of likely N-dealkylation sites (tertiary alicyclic amines) is 1. The fraction of sp³-hybridized carbons (Fsp3) is 0.438. The largest absolute Gasteiger partial charge is 0.342 e. The quantitative estimate of drug-likeness (QED) is 0.818. The van der Waals surface area contributed by atoms with E-state index < -0.39 is 0 Å². The first-order chi connectivity index (χ1) is 10.2. The summed E-state index contributed by atoms with van der Waals surface area (Å²) in [6, 6.07) is 7.79. The second-order valence-corrected chi connectivity index (χ2v) is 6.57. The average Bonchev–Trinajstić information content (AvgIpc) is 2.52. The summed E-state index contributed by atoms with van der Waals surface area (Å²) in [5.41, 5.74) is 1.76. The molecule has 21 heavy (non-hydrogen) atoms. The first-order valence-corrected chi connectivity index (χ1v) is 8.33. The molecule has 1 aromatic carbocycles. The Labute approximate surface area is 129 Å². The first kappa shape index (κ1) is 14.3. The van der Waals surface area contributed by atoms with Crippen molar-refractivity contribution < 1.29 is 4.79 Å². The summed E-state index contributed by atoms with van der Waals surface area (Å²) in [6.07, 6.45) is 4.10. The highest BCUT2D eigenvalue weighted by atomic mass is 32.2. The van der Waals surface area contributed by atoms with Gasteiger partial charge < -0.3 is 4.90 Å². The van der Waals surface area contributed by atoms with Crippen molar-refractivity contribution >= 4 is 28.7 Å². The topological polar surface area (TPSA) is 46.1 Å². The van der Waals surface area contributed by atoms with E-state index in [9.17, 15) is 4.79 Å². The monoisotopic (exact) mass is 301 g/mol. The molecule has 1 fully saturated rings. The zero-order valence-electron chi connectivity index (χ0n) is 12.2. The maximum absolute atomic E-state index is 12.2. The van der Waals surface area contributed by atoms with Gasteiger partial charge in [-0.25, -0.2) is 4.98 Å². The molecule has 4 nitrogen and oxygen atoms in total. The number of para-hydroxylation sites is 2. The van der Waals surface area contributed by atoms with Gasteiger partial charge in [0.15, 0.2) is 0 Å². The second-order valence-electron chi connectivity index (χ2n) is 5.57. The minimum atomic E-state index is 0.210. The smallest absolute Gasteiger partial charge is 0.232 e. The second kappa shape index (κ2) is 6.43. The van der Waals surface area contributed by atoms with Gasteiger partial charge in [0.25, 0.3) is 0 Å². The summed E-state index contributed by atoms with van der Waals surface area (Å²) in [5, 5.41) is 0.812. The number of carbonyl (C=O) groups is 1.